The molecule has 0 spiro atoms. The molecule has 0 aromatic heterocycles. The second-order valence-corrected chi connectivity index (χ2v) is 5.59. The van der Waals surface area contributed by atoms with Crippen LogP contribution in [-0.2, 0) is 9.59 Å². The van der Waals surface area contributed by atoms with E-state index in [2.05, 4.69) is 43.5 Å². The molecule has 0 heterocycles. The number of benzene rings is 1. The molecule has 0 bridgehead atoms. The minimum absolute atomic E-state index is 0.0850. The lowest BCUT2D eigenvalue weighted by atomic mass is 9.94. The molecule has 0 fully saturated rings. The average Bonchev–Trinajstić information content (AvgIpc) is 2.41. The van der Waals surface area contributed by atoms with Gasteiger partial charge in [0, 0.05) is 6.04 Å². The first-order chi connectivity index (χ1) is 9.90. The summed E-state index contributed by atoms with van der Waals surface area (Å²) < 4.78 is 0. The molecule has 21 heavy (non-hydrogen) atoms. The summed E-state index contributed by atoms with van der Waals surface area (Å²) in [6, 6.07) is 8.17. The fourth-order valence-corrected chi connectivity index (χ4v) is 2.22. The first-order valence-corrected chi connectivity index (χ1v) is 7.17. The van der Waals surface area contributed by atoms with Crippen molar-refractivity contribution in [3.8, 4) is 0 Å². The van der Waals surface area contributed by atoms with E-state index in [4.69, 9.17) is 5.11 Å². The fraction of sp³-hybridized carbons (Fsp3) is 0.500. The Morgan fingerprint density at radius 2 is 1.86 bits per heavy atom. The summed E-state index contributed by atoms with van der Waals surface area (Å²) in [5, 5.41) is 14.1. The van der Waals surface area contributed by atoms with Gasteiger partial charge in [0.15, 0.2) is 0 Å². The number of hydrogen-bond acceptors (Lipinski definition) is 3. The smallest absolute Gasteiger partial charge is 0.322 e. The van der Waals surface area contributed by atoms with Crippen LogP contribution in [0.3, 0.4) is 0 Å². The van der Waals surface area contributed by atoms with E-state index < -0.39 is 5.97 Å². The van der Waals surface area contributed by atoms with Gasteiger partial charge in [0.1, 0.15) is 6.54 Å². The maximum Gasteiger partial charge on any atom is 0.322 e. The molecule has 0 saturated carbocycles. The predicted octanol–water partition coefficient (Wildman–Crippen LogP) is 1.87. The zero-order valence-electron chi connectivity index (χ0n) is 12.8. The number of aliphatic carboxylic acids is 1. The number of amides is 1. The quantitative estimate of drug-likeness (QED) is 0.683. The fourth-order valence-electron chi connectivity index (χ4n) is 2.22. The highest BCUT2D eigenvalue weighted by Gasteiger charge is 2.16. The van der Waals surface area contributed by atoms with Crippen LogP contribution in [0, 0.1) is 12.8 Å². The Hall–Kier alpha value is -1.88. The van der Waals surface area contributed by atoms with Crippen molar-refractivity contribution in [1.29, 1.82) is 0 Å². The first kappa shape index (κ1) is 17.2. The standard InChI is InChI=1S/C16H24N2O3/c1-11(2)8-14(13-7-5-4-6-12(13)3)17-9-15(19)18-10-16(20)21/h4-7,11,14,17H,8-10H2,1-3H3,(H,18,19)(H,20,21). The summed E-state index contributed by atoms with van der Waals surface area (Å²) in [5.41, 5.74) is 2.36. The highest BCUT2D eigenvalue weighted by atomic mass is 16.4. The van der Waals surface area contributed by atoms with Crippen LogP contribution in [0.25, 0.3) is 0 Å². The molecule has 1 rings (SSSR count). The van der Waals surface area contributed by atoms with Crippen molar-refractivity contribution in [3.05, 3.63) is 35.4 Å². The van der Waals surface area contributed by atoms with Crippen LogP contribution in [0.15, 0.2) is 24.3 Å². The number of hydrogen-bond donors (Lipinski definition) is 3. The summed E-state index contributed by atoms with van der Waals surface area (Å²) in [5.74, 6) is -0.857. The number of carbonyl (C=O) groups is 2. The molecule has 0 aliphatic rings. The minimum Gasteiger partial charge on any atom is -0.480 e. The highest BCUT2D eigenvalue weighted by molar-refractivity contribution is 5.82. The molecule has 0 aliphatic heterocycles. The molecule has 5 heteroatoms. The zero-order valence-corrected chi connectivity index (χ0v) is 12.8. The van der Waals surface area contributed by atoms with E-state index in [0.29, 0.717) is 5.92 Å². The summed E-state index contributed by atoms with van der Waals surface area (Å²) in [4.78, 5) is 22.0. The predicted molar refractivity (Wildman–Crippen MR) is 82.0 cm³/mol. The van der Waals surface area contributed by atoms with Gasteiger partial charge >= 0.3 is 5.97 Å². The Morgan fingerprint density at radius 1 is 1.19 bits per heavy atom. The molecule has 5 nitrogen and oxygen atoms in total. The van der Waals surface area contributed by atoms with Crippen molar-refractivity contribution in [3.63, 3.8) is 0 Å². The molecular formula is C16H24N2O3. The van der Waals surface area contributed by atoms with Gasteiger partial charge in [-0.15, -0.1) is 0 Å². The van der Waals surface area contributed by atoms with Crippen molar-refractivity contribution < 1.29 is 14.7 Å². The van der Waals surface area contributed by atoms with E-state index in [1.165, 1.54) is 11.1 Å². The zero-order chi connectivity index (χ0) is 15.8. The molecule has 0 radical (unpaired) electrons. The van der Waals surface area contributed by atoms with Crippen LogP contribution >= 0.6 is 0 Å². The summed E-state index contributed by atoms with van der Waals surface area (Å²) in [6.45, 7) is 6.09. The maximum absolute atomic E-state index is 11.6. The second kappa shape index (κ2) is 8.42. The normalized spacial score (nSPS) is 12.2. The monoisotopic (exact) mass is 292 g/mol. The van der Waals surface area contributed by atoms with E-state index in [1.54, 1.807) is 0 Å². The lowest BCUT2D eigenvalue weighted by molar-refractivity contribution is -0.137. The average molecular weight is 292 g/mol. The molecule has 0 saturated heterocycles. The molecule has 1 atom stereocenters. The third-order valence-corrected chi connectivity index (χ3v) is 3.22. The minimum atomic E-state index is -1.04. The van der Waals surface area contributed by atoms with Crippen molar-refractivity contribution in [2.75, 3.05) is 13.1 Å². The molecule has 1 unspecified atom stereocenters. The number of nitrogens with one attached hydrogen (secondary N) is 2. The van der Waals surface area contributed by atoms with Gasteiger partial charge in [-0.3, -0.25) is 9.59 Å². The number of rotatable bonds is 8. The number of carboxylic acid groups (broad SMARTS) is 1. The summed E-state index contributed by atoms with van der Waals surface area (Å²) >= 11 is 0. The van der Waals surface area contributed by atoms with Gasteiger partial charge in [-0.25, -0.2) is 0 Å². The number of aryl methyl sites for hydroxylation is 1. The van der Waals surface area contributed by atoms with Gasteiger partial charge in [0.25, 0.3) is 0 Å². The van der Waals surface area contributed by atoms with Gasteiger partial charge < -0.3 is 15.7 Å². The van der Waals surface area contributed by atoms with Crippen LogP contribution in [0.1, 0.15) is 37.4 Å². The van der Waals surface area contributed by atoms with E-state index in [0.717, 1.165) is 6.42 Å². The Bertz CT molecular complexity index is 486. The molecule has 1 aromatic rings. The summed E-state index contributed by atoms with van der Waals surface area (Å²) in [7, 11) is 0. The van der Waals surface area contributed by atoms with Crippen LogP contribution < -0.4 is 10.6 Å². The van der Waals surface area contributed by atoms with Crippen LogP contribution in [-0.4, -0.2) is 30.1 Å². The number of carboxylic acids is 1. The largest absolute Gasteiger partial charge is 0.480 e. The molecular weight excluding hydrogens is 268 g/mol. The van der Waals surface area contributed by atoms with E-state index >= 15 is 0 Å². The van der Waals surface area contributed by atoms with Gasteiger partial charge in [0.2, 0.25) is 5.91 Å². The molecule has 1 amide bonds. The van der Waals surface area contributed by atoms with Crippen molar-refractivity contribution in [2.24, 2.45) is 5.92 Å². The molecule has 3 N–H and O–H groups in total. The first-order valence-electron chi connectivity index (χ1n) is 7.17. The van der Waals surface area contributed by atoms with Gasteiger partial charge in [-0.2, -0.15) is 0 Å². The lowest BCUT2D eigenvalue weighted by Crippen LogP contribution is -2.38. The molecule has 1 aromatic carbocycles. The van der Waals surface area contributed by atoms with Crippen molar-refractivity contribution in [2.45, 2.75) is 33.2 Å². The summed E-state index contributed by atoms with van der Waals surface area (Å²) in [6.07, 6.45) is 0.914. The van der Waals surface area contributed by atoms with Crippen molar-refractivity contribution >= 4 is 11.9 Å². The van der Waals surface area contributed by atoms with E-state index in [1.807, 2.05) is 12.1 Å². The Kier molecular flexibility index (Phi) is 6.88. The van der Waals surface area contributed by atoms with E-state index in [-0.39, 0.29) is 25.0 Å². The van der Waals surface area contributed by atoms with Crippen LogP contribution in [0.5, 0.6) is 0 Å². The van der Waals surface area contributed by atoms with Crippen molar-refractivity contribution in [1.82, 2.24) is 10.6 Å². The molecule has 0 aliphatic carbocycles. The van der Waals surface area contributed by atoms with E-state index in [9.17, 15) is 9.59 Å². The van der Waals surface area contributed by atoms with Gasteiger partial charge in [-0.1, -0.05) is 38.1 Å². The second-order valence-electron chi connectivity index (χ2n) is 5.59. The van der Waals surface area contributed by atoms with Gasteiger partial charge in [0.05, 0.1) is 6.54 Å². The van der Waals surface area contributed by atoms with Gasteiger partial charge in [-0.05, 0) is 30.4 Å². The third-order valence-electron chi connectivity index (χ3n) is 3.22. The Labute approximate surface area is 125 Å². The Morgan fingerprint density at radius 3 is 2.43 bits per heavy atom. The Balaban J connectivity index is 2.65. The topological polar surface area (TPSA) is 78.4 Å². The lowest BCUT2D eigenvalue weighted by Gasteiger charge is -2.22. The van der Waals surface area contributed by atoms with Crippen LogP contribution in [0.2, 0.25) is 0 Å². The SMILES string of the molecule is Cc1ccccc1C(CC(C)C)NCC(=O)NCC(=O)O. The third kappa shape index (κ3) is 6.40. The maximum atomic E-state index is 11.6. The van der Waals surface area contributed by atoms with Crippen LogP contribution in [0.4, 0.5) is 0 Å². The number of carbonyl (C=O) groups excluding carboxylic acids is 1. The molecule has 116 valence electrons. The highest BCUT2D eigenvalue weighted by Crippen LogP contribution is 2.23.